The molecule has 3 aromatic rings. The highest BCUT2D eigenvalue weighted by atomic mass is 79.9. The first kappa shape index (κ1) is 48.3. The summed E-state index contributed by atoms with van der Waals surface area (Å²) >= 11 is 6.73. The van der Waals surface area contributed by atoms with Crippen LogP contribution in [0.5, 0.6) is 5.75 Å². The van der Waals surface area contributed by atoms with E-state index in [2.05, 4.69) is 63.0 Å². The first-order valence-electron chi connectivity index (χ1n) is 22.0. The van der Waals surface area contributed by atoms with Crippen LogP contribution in [0.3, 0.4) is 0 Å². The number of likely N-dealkylation sites (tertiary alicyclic amines) is 1. The fourth-order valence-corrected chi connectivity index (χ4v) is 10.1. The maximum atomic E-state index is 14.5. The summed E-state index contributed by atoms with van der Waals surface area (Å²) in [5, 5.41) is 62.7. The minimum atomic E-state index is -1.53. The average Bonchev–Trinajstić information content (AvgIpc) is 3.32. The Kier molecular flexibility index (Phi) is 16.5. The Morgan fingerprint density at radius 3 is 2.25 bits per heavy atom. The number of ether oxygens (including phenoxy) is 1. The Hall–Kier alpha value is -4.61. The maximum absolute atomic E-state index is 14.5. The summed E-state index contributed by atoms with van der Waals surface area (Å²) in [7, 11) is 0. The second-order valence-electron chi connectivity index (χ2n) is 16.8. The molecular weight excluding hydrogens is 974 g/mol. The number of nitrogens with zero attached hydrogens (tertiary/aromatic N) is 5. The number of amides is 6. The van der Waals surface area contributed by atoms with Crippen LogP contribution >= 0.6 is 31.9 Å². The van der Waals surface area contributed by atoms with Crippen molar-refractivity contribution >= 4 is 67.1 Å². The minimum Gasteiger partial charge on any atom is -0.506 e. The molecule has 19 nitrogen and oxygen atoms in total. The summed E-state index contributed by atoms with van der Waals surface area (Å²) in [6.45, 7) is 2.81. The fourth-order valence-electron chi connectivity index (χ4n) is 8.80. The van der Waals surface area contributed by atoms with Crippen LogP contribution in [0.2, 0.25) is 0 Å². The number of urea groups is 2. The lowest BCUT2D eigenvalue weighted by molar-refractivity contribution is -0.236. The van der Waals surface area contributed by atoms with Crippen molar-refractivity contribution in [3.05, 3.63) is 81.0 Å². The van der Waals surface area contributed by atoms with Crippen LogP contribution in [0.1, 0.15) is 43.2 Å². The highest BCUT2D eigenvalue weighted by Crippen LogP contribution is 2.34. The molecule has 3 fully saturated rings. The van der Waals surface area contributed by atoms with Crippen molar-refractivity contribution in [2.75, 3.05) is 62.6 Å². The van der Waals surface area contributed by atoms with Crippen molar-refractivity contribution in [3.63, 3.8) is 0 Å². The number of aromatic hydroxyl groups is 1. The molecule has 352 valence electrons. The fraction of sp³-hybridized carbons (Fsp3) is 0.523. The molecule has 3 unspecified atom stereocenters. The number of carbonyl (C=O) groups is 4. The molecule has 2 aromatic carbocycles. The van der Waals surface area contributed by atoms with Crippen LogP contribution < -0.4 is 26.2 Å². The summed E-state index contributed by atoms with van der Waals surface area (Å²) in [5.74, 6) is -0.880. The van der Waals surface area contributed by atoms with E-state index < -0.39 is 61.3 Å². The highest BCUT2D eigenvalue weighted by molar-refractivity contribution is 9.11. The number of aromatic nitrogens is 1. The molecule has 1 aromatic heterocycles. The first-order chi connectivity index (χ1) is 31.3. The predicted molar refractivity (Wildman–Crippen MR) is 246 cm³/mol. The number of pyridine rings is 1. The van der Waals surface area contributed by atoms with Crippen molar-refractivity contribution in [1.82, 2.24) is 35.6 Å². The summed E-state index contributed by atoms with van der Waals surface area (Å²) in [5.41, 5.74) is 3.41. The number of unbranched alkanes of at least 4 members (excludes halogenated alkanes) is 1. The minimum absolute atomic E-state index is 0.0212. The molecule has 21 heteroatoms. The molecule has 4 aliphatic heterocycles. The van der Waals surface area contributed by atoms with Gasteiger partial charge in [-0.25, -0.2) is 9.59 Å². The molecule has 9 N–H and O–H groups in total. The first-order valence-corrected chi connectivity index (χ1v) is 23.6. The molecule has 0 bridgehead atoms. The third-order valence-electron chi connectivity index (χ3n) is 12.6. The molecule has 5 heterocycles. The van der Waals surface area contributed by atoms with Crippen LogP contribution in [-0.2, 0) is 27.3 Å². The van der Waals surface area contributed by atoms with E-state index in [4.69, 9.17) is 4.74 Å². The van der Waals surface area contributed by atoms with Gasteiger partial charge in [-0.15, -0.1) is 0 Å². The van der Waals surface area contributed by atoms with Gasteiger partial charge in [0.25, 0.3) is 0 Å². The van der Waals surface area contributed by atoms with E-state index >= 15 is 0 Å². The van der Waals surface area contributed by atoms with Gasteiger partial charge in [-0.1, -0.05) is 18.2 Å². The van der Waals surface area contributed by atoms with Gasteiger partial charge in [-0.05, 0) is 112 Å². The number of phenolic OH excluding ortho intramolecular Hbond substituents is 1. The standard InChI is InChI=1S/C44H57Br2N9O10/c45-30-21-26(22-31(46)36(30)57)23-34(51-43(63)54-15-10-29(11-16-54)55-24-27-5-1-2-6-32(27)50-44(55)64)40(61)49-33(42(62)53-19-17-52(18-20-53)28-8-13-47-14-9-28)7-3-4-12-48-41-39(60)38(59)37(58)35(25-56)65-41/h1-2,5-6,8-9,13-14,21-22,29,33-35,37-39,41,48,56-60H,3-4,7,10-12,15-20,23-25H2,(H,49,61)(H,50,64)(H,51,63)/t33-,34+,35?,37+,38?,39?,41-/m0/s1. The molecule has 7 rings (SSSR count). The van der Waals surface area contributed by atoms with Crippen molar-refractivity contribution in [1.29, 1.82) is 0 Å². The monoisotopic (exact) mass is 1030 g/mol. The Labute approximate surface area is 393 Å². The Morgan fingerprint density at radius 2 is 1.55 bits per heavy atom. The summed E-state index contributed by atoms with van der Waals surface area (Å²) in [6.07, 6.45) is -0.941. The van der Waals surface area contributed by atoms with E-state index in [0.717, 1.165) is 16.9 Å². The number of para-hydroxylation sites is 1. The van der Waals surface area contributed by atoms with Gasteiger partial charge in [-0.2, -0.15) is 0 Å². The number of rotatable bonds is 15. The van der Waals surface area contributed by atoms with Crippen molar-refractivity contribution in [2.45, 2.75) is 93.8 Å². The average molecular weight is 1030 g/mol. The van der Waals surface area contributed by atoms with Crippen LogP contribution in [0.25, 0.3) is 0 Å². The Balaban J connectivity index is 1.03. The third kappa shape index (κ3) is 11.9. The number of hydrogen-bond acceptors (Lipinski definition) is 13. The zero-order valence-electron chi connectivity index (χ0n) is 35.8. The zero-order valence-corrected chi connectivity index (χ0v) is 38.9. The van der Waals surface area contributed by atoms with Crippen molar-refractivity contribution in [2.24, 2.45) is 0 Å². The third-order valence-corrected chi connectivity index (χ3v) is 13.8. The van der Waals surface area contributed by atoms with Gasteiger partial charge >= 0.3 is 12.1 Å². The molecule has 4 aliphatic rings. The van der Waals surface area contributed by atoms with Gasteiger partial charge in [0.15, 0.2) is 0 Å². The number of piperazine rings is 1. The van der Waals surface area contributed by atoms with Crippen LogP contribution in [-0.4, -0.2) is 170 Å². The number of piperidine rings is 1. The lowest BCUT2D eigenvalue weighted by Gasteiger charge is -2.40. The zero-order chi connectivity index (χ0) is 46.2. The van der Waals surface area contributed by atoms with E-state index in [1.807, 2.05) is 36.4 Å². The number of hydrogen-bond donors (Lipinski definition) is 9. The number of carbonyl (C=O) groups excluding carboxylic acids is 4. The predicted octanol–water partition coefficient (Wildman–Crippen LogP) is 1.84. The molecule has 0 spiro atoms. The van der Waals surface area contributed by atoms with E-state index in [1.54, 1.807) is 39.2 Å². The molecule has 65 heavy (non-hydrogen) atoms. The number of benzene rings is 2. The van der Waals surface area contributed by atoms with Gasteiger partial charge in [0.1, 0.15) is 48.5 Å². The van der Waals surface area contributed by atoms with Crippen LogP contribution in [0.15, 0.2) is 69.9 Å². The molecular formula is C44H57Br2N9O10. The number of anilines is 2. The smallest absolute Gasteiger partial charge is 0.322 e. The lowest BCUT2D eigenvalue weighted by Crippen LogP contribution is -2.62. The Morgan fingerprint density at radius 1 is 0.862 bits per heavy atom. The second-order valence-corrected chi connectivity index (χ2v) is 18.5. The molecule has 0 saturated carbocycles. The summed E-state index contributed by atoms with van der Waals surface area (Å²) < 4.78 is 6.34. The van der Waals surface area contributed by atoms with Gasteiger partial charge in [0.05, 0.1) is 15.6 Å². The topological polar surface area (TPSA) is 253 Å². The number of fused-ring (bicyclic) bond motifs is 1. The second kappa shape index (κ2) is 22.3. The molecule has 0 radical (unpaired) electrons. The normalized spacial score (nSPS) is 23.6. The van der Waals surface area contributed by atoms with Gasteiger partial charge in [0.2, 0.25) is 11.8 Å². The van der Waals surface area contributed by atoms with Crippen LogP contribution in [0, 0.1) is 0 Å². The van der Waals surface area contributed by atoms with E-state index in [0.29, 0.717) is 86.0 Å². The number of nitrogens with one attached hydrogen (secondary N) is 4. The largest absolute Gasteiger partial charge is 0.506 e. The van der Waals surface area contributed by atoms with Crippen molar-refractivity contribution in [3.8, 4) is 5.75 Å². The van der Waals surface area contributed by atoms with Crippen LogP contribution in [0.4, 0.5) is 21.0 Å². The van der Waals surface area contributed by atoms with Gasteiger partial charge in [0, 0.05) is 82.0 Å². The molecule has 0 aliphatic carbocycles. The molecule has 6 amide bonds. The highest BCUT2D eigenvalue weighted by Gasteiger charge is 2.43. The number of phenols is 1. The van der Waals surface area contributed by atoms with Crippen molar-refractivity contribution < 1.29 is 49.4 Å². The number of aliphatic hydroxyl groups excluding tert-OH is 4. The SMILES string of the molecule is O=C(N[C@@H](CCCCN[C@H]1OC(CO)[C@@H](O)C(O)C1O)C(=O)N1CCN(c2ccncc2)CC1)[C@@H](Cc1cc(Br)c(O)c(Br)c1)NC(=O)N1CCC(N2Cc3ccccc3NC2=O)CC1. The maximum Gasteiger partial charge on any atom is 0.322 e. The molecule has 7 atom stereocenters. The quantitative estimate of drug-likeness (QED) is 0.0988. The van der Waals surface area contributed by atoms with E-state index in [-0.39, 0.29) is 43.1 Å². The number of aliphatic hydroxyl groups is 4. The number of halogens is 2. The molecule has 3 saturated heterocycles. The van der Waals surface area contributed by atoms with Gasteiger partial charge in [-0.3, -0.25) is 19.9 Å². The Bertz CT molecular complexity index is 2100. The van der Waals surface area contributed by atoms with E-state index in [1.165, 1.54) is 0 Å². The summed E-state index contributed by atoms with van der Waals surface area (Å²) in [6, 6.07) is 11.9. The van der Waals surface area contributed by atoms with E-state index in [9.17, 15) is 44.7 Å². The lowest BCUT2D eigenvalue weighted by atomic mass is 9.98. The van der Waals surface area contributed by atoms with Gasteiger partial charge < -0.3 is 65.8 Å². The summed E-state index contributed by atoms with van der Waals surface area (Å²) in [4.78, 5) is 67.3.